The molecule has 3 aromatic rings. The van der Waals surface area contributed by atoms with E-state index in [1.165, 1.54) is 12.1 Å². The topological polar surface area (TPSA) is 85.1 Å². The number of rotatable bonds is 6. The van der Waals surface area contributed by atoms with Gasteiger partial charge in [-0.05, 0) is 12.1 Å². The smallest absolute Gasteiger partial charge is 0.242 e. The Morgan fingerprint density at radius 2 is 1.88 bits per heavy atom. The molecule has 1 N–H and O–H groups in total. The fourth-order valence-corrected chi connectivity index (χ4v) is 3.54. The Hall–Kier alpha value is -2.29. The lowest BCUT2D eigenvalue weighted by atomic mass is 10.2. The van der Waals surface area contributed by atoms with E-state index >= 15 is 0 Å². The maximum absolute atomic E-state index is 13.7. The van der Waals surface area contributed by atoms with Gasteiger partial charge in [0.2, 0.25) is 21.7 Å². The fraction of sp³-hybridized carbons (Fsp3) is 0.125. The molecular formula is C16H13ClFN3O3S. The van der Waals surface area contributed by atoms with Crippen LogP contribution in [0.3, 0.4) is 0 Å². The molecule has 130 valence electrons. The third kappa shape index (κ3) is 4.41. The van der Waals surface area contributed by atoms with Gasteiger partial charge in [-0.1, -0.05) is 53.2 Å². The number of nitrogens with zero attached hydrogens (tertiary/aromatic N) is 2. The zero-order chi connectivity index (χ0) is 17.9. The molecule has 0 aliphatic carbocycles. The van der Waals surface area contributed by atoms with Crippen LogP contribution in [0.25, 0.3) is 11.4 Å². The second-order valence-corrected chi connectivity index (χ2v) is 7.37. The Morgan fingerprint density at radius 1 is 1.12 bits per heavy atom. The predicted molar refractivity (Wildman–Crippen MR) is 90.6 cm³/mol. The highest BCUT2D eigenvalue weighted by Gasteiger charge is 2.18. The Morgan fingerprint density at radius 3 is 2.60 bits per heavy atom. The number of hydrogen-bond donors (Lipinski definition) is 1. The van der Waals surface area contributed by atoms with Gasteiger partial charge in [-0.25, -0.2) is 17.5 Å². The van der Waals surface area contributed by atoms with Crippen LogP contribution in [-0.4, -0.2) is 18.6 Å². The maximum Gasteiger partial charge on any atom is 0.242 e. The van der Waals surface area contributed by atoms with Gasteiger partial charge < -0.3 is 4.52 Å². The molecule has 0 saturated carbocycles. The molecule has 0 spiro atoms. The molecule has 0 saturated heterocycles. The number of hydrogen-bond acceptors (Lipinski definition) is 5. The van der Waals surface area contributed by atoms with Crippen molar-refractivity contribution >= 4 is 21.6 Å². The molecule has 0 fully saturated rings. The van der Waals surface area contributed by atoms with Gasteiger partial charge in [-0.3, -0.25) is 0 Å². The lowest BCUT2D eigenvalue weighted by molar-refractivity contribution is 0.376. The van der Waals surface area contributed by atoms with Crippen molar-refractivity contribution in [2.24, 2.45) is 0 Å². The largest absolute Gasteiger partial charge is 0.338 e. The lowest BCUT2D eigenvalue weighted by Crippen LogP contribution is -2.25. The summed E-state index contributed by atoms with van der Waals surface area (Å²) in [7, 11) is -3.84. The van der Waals surface area contributed by atoms with Crippen molar-refractivity contribution < 1.29 is 17.3 Å². The van der Waals surface area contributed by atoms with Crippen LogP contribution in [0.2, 0.25) is 5.02 Å². The first-order valence-electron chi connectivity index (χ1n) is 7.23. The van der Waals surface area contributed by atoms with Crippen LogP contribution in [0.15, 0.2) is 53.1 Å². The molecule has 2 aromatic carbocycles. The SMILES string of the molecule is O=S(=O)(Cc1c(F)cccc1Cl)NCc1nc(-c2ccccc2)no1. The van der Waals surface area contributed by atoms with Gasteiger partial charge in [-0.15, -0.1) is 0 Å². The molecule has 9 heteroatoms. The quantitative estimate of drug-likeness (QED) is 0.709. The molecule has 6 nitrogen and oxygen atoms in total. The van der Waals surface area contributed by atoms with Crippen LogP contribution in [-0.2, 0) is 22.3 Å². The molecule has 3 rings (SSSR count). The highest BCUT2D eigenvalue weighted by atomic mass is 35.5. The van der Waals surface area contributed by atoms with Crippen LogP contribution < -0.4 is 4.72 Å². The van der Waals surface area contributed by atoms with Gasteiger partial charge in [-0.2, -0.15) is 4.98 Å². The molecule has 0 atom stereocenters. The minimum Gasteiger partial charge on any atom is -0.338 e. The summed E-state index contributed by atoms with van der Waals surface area (Å²) in [4.78, 5) is 4.12. The van der Waals surface area contributed by atoms with Crippen LogP contribution in [0, 0.1) is 5.82 Å². The molecule has 0 amide bonds. The Kier molecular flexibility index (Phi) is 5.12. The van der Waals surface area contributed by atoms with E-state index < -0.39 is 21.6 Å². The van der Waals surface area contributed by atoms with Gasteiger partial charge >= 0.3 is 0 Å². The molecule has 1 heterocycles. The van der Waals surface area contributed by atoms with Gasteiger partial charge in [0, 0.05) is 16.1 Å². The zero-order valence-corrected chi connectivity index (χ0v) is 14.4. The number of aromatic nitrogens is 2. The van der Waals surface area contributed by atoms with E-state index in [9.17, 15) is 12.8 Å². The highest BCUT2D eigenvalue weighted by Crippen LogP contribution is 2.21. The summed E-state index contributed by atoms with van der Waals surface area (Å²) in [6.07, 6.45) is 0. The van der Waals surface area contributed by atoms with Gasteiger partial charge in [0.05, 0.1) is 12.3 Å². The monoisotopic (exact) mass is 381 g/mol. The number of nitrogens with one attached hydrogen (secondary N) is 1. The highest BCUT2D eigenvalue weighted by molar-refractivity contribution is 7.88. The molecule has 25 heavy (non-hydrogen) atoms. The van der Waals surface area contributed by atoms with Gasteiger partial charge in [0.1, 0.15) is 5.82 Å². The van der Waals surface area contributed by atoms with E-state index in [1.54, 1.807) is 12.1 Å². The van der Waals surface area contributed by atoms with Crippen molar-refractivity contribution in [3.63, 3.8) is 0 Å². The van der Waals surface area contributed by atoms with Crippen molar-refractivity contribution in [2.45, 2.75) is 12.3 Å². The molecule has 0 aliphatic heterocycles. The summed E-state index contributed by atoms with van der Waals surface area (Å²) in [5, 5.41) is 3.85. The molecule has 0 unspecified atom stereocenters. The van der Waals surface area contributed by atoms with Gasteiger partial charge in [0.25, 0.3) is 0 Å². The first kappa shape index (κ1) is 17.5. The molecule has 0 radical (unpaired) electrons. The number of halogens is 2. The standard InChI is InChI=1S/C16H13ClFN3O3S/c17-13-7-4-8-14(18)12(13)10-25(22,23)19-9-15-20-16(21-24-15)11-5-2-1-3-6-11/h1-8,19H,9-10H2. The van der Waals surface area contributed by atoms with Crippen molar-refractivity contribution in [3.05, 3.63) is 70.8 Å². The number of sulfonamides is 1. The third-order valence-electron chi connectivity index (χ3n) is 3.34. The summed E-state index contributed by atoms with van der Waals surface area (Å²) >= 11 is 5.85. The van der Waals surface area contributed by atoms with Crippen molar-refractivity contribution in [3.8, 4) is 11.4 Å². The van der Waals surface area contributed by atoms with Crippen LogP contribution in [0.5, 0.6) is 0 Å². The van der Waals surface area contributed by atoms with E-state index in [0.717, 1.165) is 11.6 Å². The maximum atomic E-state index is 13.7. The second kappa shape index (κ2) is 7.30. The molecule has 0 aliphatic rings. The van der Waals surface area contributed by atoms with E-state index in [-0.39, 0.29) is 23.0 Å². The van der Waals surface area contributed by atoms with Crippen molar-refractivity contribution in [2.75, 3.05) is 0 Å². The van der Waals surface area contributed by atoms with E-state index in [2.05, 4.69) is 14.9 Å². The molecule has 1 aromatic heterocycles. The lowest BCUT2D eigenvalue weighted by Gasteiger charge is -2.07. The molecular weight excluding hydrogens is 369 g/mol. The minimum absolute atomic E-state index is 0.0505. The van der Waals surface area contributed by atoms with E-state index in [0.29, 0.717) is 5.82 Å². The summed E-state index contributed by atoms with van der Waals surface area (Å²) in [6.45, 7) is -0.200. The Balaban J connectivity index is 1.68. The first-order chi connectivity index (χ1) is 11.9. The van der Waals surface area contributed by atoms with E-state index in [4.69, 9.17) is 16.1 Å². The average molecular weight is 382 g/mol. The Labute approximate surface area is 148 Å². The third-order valence-corrected chi connectivity index (χ3v) is 4.95. The predicted octanol–water partition coefficient (Wildman–Crippen LogP) is 3.15. The van der Waals surface area contributed by atoms with Crippen LogP contribution in [0.4, 0.5) is 4.39 Å². The summed E-state index contributed by atoms with van der Waals surface area (Å²) in [5.74, 6) is -0.811. The molecule has 0 bridgehead atoms. The Bertz CT molecular complexity index is 957. The minimum atomic E-state index is -3.84. The van der Waals surface area contributed by atoms with Crippen molar-refractivity contribution in [1.29, 1.82) is 0 Å². The number of benzene rings is 2. The van der Waals surface area contributed by atoms with Gasteiger partial charge in [0.15, 0.2) is 0 Å². The summed E-state index contributed by atoms with van der Waals surface area (Å²) in [6, 6.07) is 13.1. The fourth-order valence-electron chi connectivity index (χ4n) is 2.11. The second-order valence-electron chi connectivity index (χ2n) is 5.16. The van der Waals surface area contributed by atoms with Crippen LogP contribution in [0.1, 0.15) is 11.5 Å². The summed E-state index contributed by atoms with van der Waals surface area (Å²) < 4.78 is 45.3. The normalized spacial score (nSPS) is 11.6. The van der Waals surface area contributed by atoms with Crippen LogP contribution >= 0.6 is 11.6 Å². The average Bonchev–Trinajstić information content (AvgIpc) is 3.07. The summed E-state index contributed by atoms with van der Waals surface area (Å²) in [5.41, 5.74) is 0.658. The van der Waals surface area contributed by atoms with E-state index in [1.807, 2.05) is 18.2 Å². The zero-order valence-electron chi connectivity index (χ0n) is 12.8. The first-order valence-corrected chi connectivity index (χ1v) is 9.26. The van der Waals surface area contributed by atoms with Crippen molar-refractivity contribution in [1.82, 2.24) is 14.9 Å².